The highest BCUT2D eigenvalue weighted by atomic mass is 35.5. The Morgan fingerprint density at radius 3 is 2.90 bits per heavy atom. The number of aromatic nitrogens is 3. The predicted molar refractivity (Wildman–Crippen MR) is 155 cm³/mol. The van der Waals surface area contributed by atoms with E-state index < -0.39 is 0 Å². The van der Waals surface area contributed by atoms with Gasteiger partial charge in [-0.2, -0.15) is 0 Å². The van der Waals surface area contributed by atoms with Crippen molar-refractivity contribution < 1.29 is 14.3 Å². The molecule has 1 amide bonds. The van der Waals surface area contributed by atoms with Crippen LogP contribution in [0.15, 0.2) is 55.0 Å². The van der Waals surface area contributed by atoms with Crippen LogP contribution in [-0.4, -0.2) is 57.7 Å². The third-order valence-electron chi connectivity index (χ3n) is 6.70. The topological polar surface area (TPSA) is 102 Å². The Bertz CT molecular complexity index is 1560. The molecular weight excluding hydrogens is 548 g/mol. The number of rotatable bonds is 6. The Morgan fingerprint density at radius 2 is 2.08 bits per heavy atom. The number of anilines is 2. The smallest absolute Gasteiger partial charge is 0.410 e. The normalized spacial score (nSPS) is 18.4. The number of hydrogen-bond donors (Lipinski definition) is 2. The number of pyridine rings is 1. The Kier molecular flexibility index (Phi) is 7.95. The summed E-state index contributed by atoms with van der Waals surface area (Å²) in [7, 11) is 0. The predicted octanol–water partition coefficient (Wildman–Crippen LogP) is 5.38. The molecule has 2 N–H and O–H groups in total. The third-order valence-corrected chi connectivity index (χ3v) is 8.04. The highest BCUT2D eigenvalue weighted by molar-refractivity contribution is 7.20. The molecule has 2 fully saturated rings. The molecule has 1 aromatic carbocycles. The molecule has 9 nitrogen and oxygen atoms in total. The van der Waals surface area contributed by atoms with E-state index in [-0.39, 0.29) is 18.2 Å². The number of thiophene rings is 1. The van der Waals surface area contributed by atoms with Crippen LogP contribution < -0.4 is 15.4 Å². The van der Waals surface area contributed by atoms with Gasteiger partial charge in [-0.1, -0.05) is 29.5 Å². The number of carbonyl (C=O) groups excluding carboxylic acids is 1. The van der Waals surface area contributed by atoms with Crippen molar-refractivity contribution >= 4 is 50.8 Å². The minimum Gasteiger partial charge on any atom is -0.486 e. The lowest BCUT2D eigenvalue weighted by molar-refractivity contribution is 0.0763. The van der Waals surface area contributed by atoms with E-state index in [1.807, 2.05) is 36.4 Å². The summed E-state index contributed by atoms with van der Waals surface area (Å²) in [5, 5.41) is 7.17. The lowest BCUT2D eigenvalue weighted by Crippen LogP contribution is -2.32. The molecule has 11 heteroatoms. The number of fused-ring (bicyclic) bond motifs is 1. The number of carbonyl (C=O) groups is 1. The average Bonchev–Trinajstić information content (AvgIpc) is 3.74. The fraction of sp³-hybridized carbons (Fsp3) is 0.310. The lowest BCUT2D eigenvalue weighted by atomic mass is 10.2. The molecule has 2 saturated heterocycles. The number of benzene rings is 1. The van der Waals surface area contributed by atoms with Gasteiger partial charge in [0.25, 0.3) is 0 Å². The van der Waals surface area contributed by atoms with Crippen LogP contribution in [0.1, 0.15) is 29.8 Å². The molecule has 2 atom stereocenters. The van der Waals surface area contributed by atoms with E-state index in [1.165, 1.54) is 17.7 Å². The quantitative estimate of drug-likeness (QED) is 0.296. The maximum absolute atomic E-state index is 12.3. The number of nitrogens with zero attached hydrogens (tertiary/aromatic N) is 4. The number of amides is 1. The lowest BCUT2D eigenvalue weighted by Gasteiger charge is -2.18. The van der Waals surface area contributed by atoms with Crippen LogP contribution in [0.25, 0.3) is 10.2 Å². The van der Waals surface area contributed by atoms with Gasteiger partial charge in [-0.3, -0.25) is 10.3 Å². The van der Waals surface area contributed by atoms with Crippen LogP contribution in [0.3, 0.4) is 0 Å². The van der Waals surface area contributed by atoms with Crippen molar-refractivity contribution in [3.8, 4) is 17.6 Å². The summed E-state index contributed by atoms with van der Waals surface area (Å²) in [6.45, 7) is 2.51. The second-order valence-electron chi connectivity index (χ2n) is 9.59. The zero-order chi connectivity index (χ0) is 27.3. The maximum Gasteiger partial charge on any atom is 0.410 e. The molecular formula is C29H27ClN6O3S. The summed E-state index contributed by atoms with van der Waals surface area (Å²) >= 11 is 8.01. The Balaban J connectivity index is 1.09. The standard InChI is InChI=1S/C29H27ClN6O3S/c30-24-14-20(7-9-26(24)38-17-21-5-1-2-10-31-21)35-28-27-25(33-18-34-28)15-23(40-27)8-6-19-13-22(16-32-19)39-29(37)36-11-3-4-12-36/h1-2,5,7,9-10,14-15,18-19,22,32H,3-4,11-13,16-17H2,(H,33,34,35)/t19-,22-/m0/s1. The van der Waals surface area contributed by atoms with Gasteiger partial charge in [0.05, 0.1) is 31.9 Å². The van der Waals surface area contributed by atoms with Crippen molar-refractivity contribution in [1.82, 2.24) is 25.2 Å². The van der Waals surface area contributed by atoms with E-state index in [1.54, 1.807) is 17.2 Å². The number of nitrogens with one attached hydrogen (secondary N) is 2. The van der Waals surface area contributed by atoms with Gasteiger partial charge in [-0.05, 0) is 49.2 Å². The van der Waals surface area contributed by atoms with Gasteiger partial charge in [0.15, 0.2) is 5.82 Å². The van der Waals surface area contributed by atoms with E-state index >= 15 is 0 Å². The fourth-order valence-electron chi connectivity index (χ4n) is 4.65. The minimum absolute atomic E-state index is 0.0363. The highest BCUT2D eigenvalue weighted by Crippen LogP contribution is 2.33. The monoisotopic (exact) mass is 574 g/mol. The molecule has 5 heterocycles. The van der Waals surface area contributed by atoms with Gasteiger partial charge in [0, 0.05) is 37.9 Å². The van der Waals surface area contributed by atoms with E-state index in [0.29, 0.717) is 36.2 Å². The van der Waals surface area contributed by atoms with Gasteiger partial charge >= 0.3 is 6.09 Å². The molecule has 6 rings (SSSR count). The SMILES string of the molecule is O=C(O[C@@H]1CN[C@@H](C#Cc2cc3ncnc(Nc4ccc(OCc5ccccn5)c(Cl)c4)c3s2)C1)N1CCCC1. The van der Waals surface area contributed by atoms with Gasteiger partial charge in [0.2, 0.25) is 0 Å². The number of likely N-dealkylation sites (tertiary alicyclic amines) is 1. The number of hydrogen-bond acceptors (Lipinski definition) is 9. The summed E-state index contributed by atoms with van der Waals surface area (Å²) in [6, 6.07) is 13.1. The third kappa shape index (κ3) is 6.28. The van der Waals surface area contributed by atoms with Crippen LogP contribution in [0, 0.1) is 11.8 Å². The first-order valence-electron chi connectivity index (χ1n) is 13.1. The molecule has 3 aromatic heterocycles. The van der Waals surface area contributed by atoms with Crippen molar-refractivity contribution in [2.24, 2.45) is 0 Å². The Labute approximate surface area is 240 Å². The molecule has 0 aliphatic carbocycles. The molecule has 40 heavy (non-hydrogen) atoms. The largest absolute Gasteiger partial charge is 0.486 e. The zero-order valence-corrected chi connectivity index (χ0v) is 23.2. The maximum atomic E-state index is 12.3. The second-order valence-corrected chi connectivity index (χ2v) is 11.1. The van der Waals surface area contributed by atoms with Gasteiger partial charge < -0.3 is 19.7 Å². The molecule has 204 valence electrons. The summed E-state index contributed by atoms with van der Waals surface area (Å²) in [5.41, 5.74) is 2.41. The summed E-state index contributed by atoms with van der Waals surface area (Å²) in [5.74, 6) is 7.79. The zero-order valence-electron chi connectivity index (χ0n) is 21.6. The first kappa shape index (κ1) is 26.3. The first-order chi connectivity index (χ1) is 19.6. The van der Waals surface area contributed by atoms with Gasteiger partial charge in [-0.25, -0.2) is 14.8 Å². The fourth-order valence-corrected chi connectivity index (χ4v) is 5.80. The van der Waals surface area contributed by atoms with Crippen LogP contribution >= 0.6 is 22.9 Å². The molecule has 0 radical (unpaired) electrons. The van der Waals surface area contributed by atoms with Crippen molar-refractivity contribution in [1.29, 1.82) is 0 Å². The van der Waals surface area contributed by atoms with Gasteiger partial charge in [-0.15, -0.1) is 11.3 Å². The average molecular weight is 575 g/mol. The van der Waals surface area contributed by atoms with Crippen LogP contribution in [0.2, 0.25) is 5.02 Å². The molecule has 0 unspecified atom stereocenters. The van der Waals surface area contributed by atoms with Gasteiger partial charge in [0.1, 0.15) is 24.8 Å². The van der Waals surface area contributed by atoms with E-state index in [9.17, 15) is 4.79 Å². The van der Waals surface area contributed by atoms with Crippen molar-refractivity contribution in [2.45, 2.75) is 38.0 Å². The summed E-state index contributed by atoms with van der Waals surface area (Å²) in [6.07, 6.45) is 5.65. The Morgan fingerprint density at radius 1 is 1.18 bits per heavy atom. The van der Waals surface area contributed by atoms with Crippen molar-refractivity contribution in [3.63, 3.8) is 0 Å². The minimum atomic E-state index is -0.214. The van der Waals surface area contributed by atoms with Crippen LogP contribution in [0.4, 0.5) is 16.3 Å². The van der Waals surface area contributed by atoms with Crippen LogP contribution in [-0.2, 0) is 11.3 Å². The van der Waals surface area contributed by atoms with E-state index in [0.717, 1.165) is 52.4 Å². The van der Waals surface area contributed by atoms with Crippen molar-refractivity contribution in [3.05, 3.63) is 70.6 Å². The number of halogens is 1. The molecule has 0 bridgehead atoms. The summed E-state index contributed by atoms with van der Waals surface area (Å²) in [4.78, 5) is 28.1. The second kappa shape index (κ2) is 12.1. The summed E-state index contributed by atoms with van der Waals surface area (Å²) < 4.78 is 12.4. The first-order valence-corrected chi connectivity index (χ1v) is 14.3. The highest BCUT2D eigenvalue weighted by Gasteiger charge is 2.28. The van der Waals surface area contributed by atoms with E-state index in [4.69, 9.17) is 21.1 Å². The van der Waals surface area contributed by atoms with Crippen molar-refractivity contribution in [2.75, 3.05) is 25.0 Å². The Hall–Kier alpha value is -3.91. The number of ether oxygens (including phenoxy) is 2. The molecule has 2 aliphatic heterocycles. The van der Waals surface area contributed by atoms with E-state index in [2.05, 4.69) is 37.4 Å². The van der Waals surface area contributed by atoms with Crippen LogP contribution in [0.5, 0.6) is 5.75 Å². The molecule has 4 aromatic rings. The molecule has 0 spiro atoms. The molecule has 2 aliphatic rings. The molecule has 0 saturated carbocycles.